The number of carboxylic acids is 1. The van der Waals surface area contributed by atoms with Crippen LogP contribution in [0.25, 0.3) is 6.08 Å². The Balaban J connectivity index is 2.11. The molecule has 0 bridgehead atoms. The molecule has 0 fully saturated rings. The summed E-state index contributed by atoms with van der Waals surface area (Å²) in [6.45, 7) is 3.77. The first kappa shape index (κ1) is 21.9. The summed E-state index contributed by atoms with van der Waals surface area (Å²) in [6, 6.07) is 13.5. The van der Waals surface area contributed by atoms with Crippen molar-refractivity contribution in [3.05, 3.63) is 65.7 Å². The first-order valence-electron chi connectivity index (χ1n) is 9.33. The van der Waals surface area contributed by atoms with Crippen LogP contribution in [0.1, 0.15) is 31.4 Å². The highest BCUT2D eigenvalue weighted by molar-refractivity contribution is 5.89. The van der Waals surface area contributed by atoms with Gasteiger partial charge in [0.2, 0.25) is 0 Å². The summed E-state index contributed by atoms with van der Waals surface area (Å²) in [5, 5.41) is 9.33. The van der Waals surface area contributed by atoms with E-state index in [1.807, 2.05) is 44.2 Å². The predicted octanol–water partition coefficient (Wildman–Crippen LogP) is 4.23. The smallest absolute Gasteiger partial charge is 0.336 e. The van der Waals surface area contributed by atoms with Gasteiger partial charge in [-0.15, -0.1) is 0 Å². The van der Waals surface area contributed by atoms with Gasteiger partial charge in [-0.2, -0.15) is 0 Å². The van der Waals surface area contributed by atoms with E-state index in [0.29, 0.717) is 17.7 Å². The molecule has 2 aromatic carbocycles. The topological polar surface area (TPSA) is 85.2 Å². The second-order valence-electron chi connectivity index (χ2n) is 6.52. The highest BCUT2D eigenvalue weighted by Crippen LogP contribution is 2.28. The first-order chi connectivity index (χ1) is 13.9. The van der Waals surface area contributed by atoms with E-state index in [4.69, 9.17) is 9.47 Å². The van der Waals surface area contributed by atoms with Gasteiger partial charge in [-0.25, -0.2) is 9.59 Å². The molecule has 0 heterocycles. The van der Waals surface area contributed by atoms with Crippen molar-refractivity contribution in [2.24, 2.45) is 10.9 Å². The van der Waals surface area contributed by atoms with Crippen molar-refractivity contribution in [2.75, 3.05) is 7.11 Å². The van der Waals surface area contributed by atoms with Crippen LogP contribution < -0.4 is 9.47 Å². The number of carbonyl (C=O) groups is 2. The number of hydrogen-bond donors (Lipinski definition) is 1. The van der Waals surface area contributed by atoms with Crippen molar-refractivity contribution in [1.82, 2.24) is 0 Å². The van der Waals surface area contributed by atoms with Crippen molar-refractivity contribution in [3.63, 3.8) is 0 Å². The van der Waals surface area contributed by atoms with E-state index < -0.39 is 18.0 Å². The molecular weight excluding hydrogens is 370 g/mol. The molecule has 6 heteroatoms. The molecule has 0 aliphatic carbocycles. The molecule has 0 spiro atoms. The number of esters is 1. The summed E-state index contributed by atoms with van der Waals surface area (Å²) >= 11 is 0. The van der Waals surface area contributed by atoms with Gasteiger partial charge in [0.25, 0.3) is 0 Å². The van der Waals surface area contributed by atoms with Crippen LogP contribution in [-0.2, 0) is 9.59 Å². The second kappa shape index (κ2) is 10.8. The van der Waals surface area contributed by atoms with Gasteiger partial charge in [0.15, 0.2) is 11.5 Å². The fraction of sp³-hybridized carbons (Fsp3) is 0.261. The average molecular weight is 395 g/mol. The van der Waals surface area contributed by atoms with Crippen LogP contribution in [0.3, 0.4) is 0 Å². The maximum atomic E-state index is 12.1. The van der Waals surface area contributed by atoms with E-state index in [1.165, 1.54) is 19.4 Å². The van der Waals surface area contributed by atoms with Crippen molar-refractivity contribution < 1.29 is 24.2 Å². The third-order valence-electron chi connectivity index (χ3n) is 4.43. The maximum Gasteiger partial charge on any atom is 0.336 e. The number of carbonyl (C=O) groups excluding carboxylic acids is 1. The number of methoxy groups -OCH3 is 1. The van der Waals surface area contributed by atoms with E-state index in [2.05, 4.69) is 4.99 Å². The molecule has 29 heavy (non-hydrogen) atoms. The summed E-state index contributed by atoms with van der Waals surface area (Å²) in [7, 11) is 1.46. The Bertz CT molecular complexity index is 889. The summed E-state index contributed by atoms with van der Waals surface area (Å²) in [4.78, 5) is 27.7. The van der Waals surface area contributed by atoms with Crippen LogP contribution in [0.15, 0.2) is 59.6 Å². The van der Waals surface area contributed by atoms with Crippen LogP contribution in [-0.4, -0.2) is 36.4 Å². The van der Waals surface area contributed by atoms with E-state index in [1.54, 1.807) is 24.3 Å². The molecule has 2 unspecified atom stereocenters. The lowest BCUT2D eigenvalue weighted by molar-refractivity contribution is -0.139. The third kappa shape index (κ3) is 6.60. The van der Waals surface area contributed by atoms with Gasteiger partial charge in [0.1, 0.15) is 6.04 Å². The number of aliphatic imine (C=N–C) groups is 1. The fourth-order valence-electron chi connectivity index (χ4n) is 2.56. The quantitative estimate of drug-likeness (QED) is 0.297. The fourth-order valence-corrected chi connectivity index (χ4v) is 2.56. The highest BCUT2D eigenvalue weighted by atomic mass is 16.6. The Labute approximate surface area is 170 Å². The van der Waals surface area contributed by atoms with Crippen LogP contribution in [0.4, 0.5) is 0 Å². The minimum atomic E-state index is -0.960. The largest absolute Gasteiger partial charge is 0.493 e. The van der Waals surface area contributed by atoms with Gasteiger partial charge in [0, 0.05) is 12.3 Å². The summed E-state index contributed by atoms with van der Waals surface area (Å²) < 4.78 is 10.6. The molecule has 0 aromatic heterocycles. The number of nitrogens with zero attached hydrogens (tertiary/aromatic N) is 1. The van der Waals surface area contributed by atoms with E-state index in [9.17, 15) is 14.7 Å². The molecule has 0 aliphatic heterocycles. The lowest BCUT2D eigenvalue weighted by atomic mass is 10.00. The van der Waals surface area contributed by atoms with Crippen LogP contribution >= 0.6 is 0 Å². The lowest BCUT2D eigenvalue weighted by Gasteiger charge is -2.14. The van der Waals surface area contributed by atoms with Crippen molar-refractivity contribution >= 4 is 24.2 Å². The Morgan fingerprint density at radius 1 is 1.10 bits per heavy atom. The average Bonchev–Trinajstić information content (AvgIpc) is 2.73. The van der Waals surface area contributed by atoms with Gasteiger partial charge < -0.3 is 14.6 Å². The van der Waals surface area contributed by atoms with Crippen LogP contribution in [0.2, 0.25) is 0 Å². The molecule has 0 radical (unpaired) electrons. The Morgan fingerprint density at radius 3 is 2.45 bits per heavy atom. The zero-order chi connectivity index (χ0) is 21.2. The van der Waals surface area contributed by atoms with Crippen LogP contribution in [0, 0.1) is 5.92 Å². The van der Waals surface area contributed by atoms with E-state index >= 15 is 0 Å². The monoisotopic (exact) mass is 395 g/mol. The molecule has 0 aliphatic rings. The van der Waals surface area contributed by atoms with Crippen molar-refractivity contribution in [1.29, 1.82) is 0 Å². The number of carboxylic acid groups (broad SMARTS) is 1. The molecule has 6 nitrogen and oxygen atoms in total. The molecule has 2 aromatic rings. The standard InChI is InChI=1S/C23H25NO5/c1-4-16(2)22(23(26)27)24-15-18-10-12-19(20(14-18)28-3)29-21(25)13-11-17-8-6-5-7-9-17/h5-16,22H,4H2,1-3H3,(H,26,27). The Hall–Kier alpha value is -3.41. The second-order valence-corrected chi connectivity index (χ2v) is 6.52. The zero-order valence-corrected chi connectivity index (χ0v) is 16.7. The van der Waals surface area contributed by atoms with Gasteiger partial charge in [-0.1, -0.05) is 50.6 Å². The summed E-state index contributed by atoms with van der Waals surface area (Å²) in [5.74, 6) is -0.952. The molecule has 2 rings (SSSR count). The number of rotatable bonds is 9. The third-order valence-corrected chi connectivity index (χ3v) is 4.43. The normalized spacial score (nSPS) is 13.3. The SMILES string of the molecule is CCC(C)C(N=Cc1ccc(OC(=O)C=Cc2ccccc2)c(OC)c1)C(=O)O. The number of benzene rings is 2. The first-order valence-corrected chi connectivity index (χ1v) is 9.33. The lowest BCUT2D eigenvalue weighted by Crippen LogP contribution is -2.25. The highest BCUT2D eigenvalue weighted by Gasteiger charge is 2.21. The van der Waals surface area contributed by atoms with Gasteiger partial charge >= 0.3 is 11.9 Å². The van der Waals surface area contributed by atoms with Crippen molar-refractivity contribution in [3.8, 4) is 11.5 Å². The summed E-state index contributed by atoms with van der Waals surface area (Å²) in [5.41, 5.74) is 1.54. The predicted molar refractivity (Wildman–Crippen MR) is 113 cm³/mol. The molecule has 0 amide bonds. The maximum absolute atomic E-state index is 12.1. The van der Waals surface area contributed by atoms with Crippen molar-refractivity contribution in [2.45, 2.75) is 26.3 Å². The number of ether oxygens (including phenoxy) is 2. The Morgan fingerprint density at radius 2 is 1.83 bits per heavy atom. The van der Waals surface area contributed by atoms with Gasteiger partial charge in [-0.3, -0.25) is 4.99 Å². The molecule has 0 saturated carbocycles. The molecule has 1 N–H and O–H groups in total. The molecule has 152 valence electrons. The molecule has 0 saturated heterocycles. The van der Waals surface area contributed by atoms with E-state index in [-0.39, 0.29) is 11.7 Å². The van der Waals surface area contributed by atoms with Crippen LogP contribution in [0.5, 0.6) is 11.5 Å². The summed E-state index contributed by atoms with van der Waals surface area (Å²) in [6.07, 6.45) is 5.21. The Kier molecular flexibility index (Phi) is 8.15. The minimum Gasteiger partial charge on any atom is -0.493 e. The minimum absolute atomic E-state index is 0.0812. The van der Waals surface area contributed by atoms with E-state index in [0.717, 1.165) is 5.56 Å². The number of hydrogen-bond acceptors (Lipinski definition) is 5. The van der Waals surface area contributed by atoms with Gasteiger partial charge in [0.05, 0.1) is 7.11 Å². The van der Waals surface area contributed by atoms with Gasteiger partial charge in [-0.05, 0) is 41.3 Å². The molecule has 2 atom stereocenters. The number of aliphatic carboxylic acids is 1. The molecular formula is C23H25NO5. The zero-order valence-electron chi connectivity index (χ0n) is 16.7.